The van der Waals surface area contributed by atoms with Crippen LogP contribution in [0.2, 0.25) is 0 Å². The summed E-state index contributed by atoms with van der Waals surface area (Å²) in [5.74, 6) is -0.638. The van der Waals surface area contributed by atoms with Crippen LogP contribution in [0, 0.1) is 5.82 Å². The van der Waals surface area contributed by atoms with Crippen LogP contribution in [0.4, 0.5) is 10.1 Å². The third kappa shape index (κ3) is 5.24. The van der Waals surface area contributed by atoms with Gasteiger partial charge < -0.3 is 10.2 Å². The highest BCUT2D eigenvalue weighted by molar-refractivity contribution is 9.10. The number of amides is 1. The molecule has 22 heavy (non-hydrogen) atoms. The molecule has 0 fully saturated rings. The molecular formula is C17H18BrFN2O. The fraction of sp³-hybridized carbons (Fsp3) is 0.235. The van der Waals surface area contributed by atoms with Crippen molar-refractivity contribution in [2.24, 2.45) is 0 Å². The summed E-state index contributed by atoms with van der Waals surface area (Å²) in [7, 11) is 1.96. The Morgan fingerprint density at radius 2 is 1.95 bits per heavy atom. The minimum Gasteiger partial charge on any atom is -0.324 e. The summed E-state index contributed by atoms with van der Waals surface area (Å²) < 4.78 is 14.3. The lowest BCUT2D eigenvalue weighted by Gasteiger charge is -2.16. The molecule has 0 aliphatic rings. The molecule has 0 atom stereocenters. The van der Waals surface area contributed by atoms with Crippen molar-refractivity contribution in [3.63, 3.8) is 0 Å². The van der Waals surface area contributed by atoms with E-state index in [2.05, 4.69) is 26.1 Å². The van der Waals surface area contributed by atoms with Crippen molar-refractivity contribution in [1.82, 2.24) is 4.90 Å². The van der Waals surface area contributed by atoms with E-state index in [1.54, 1.807) is 12.1 Å². The average molecular weight is 365 g/mol. The Morgan fingerprint density at radius 3 is 2.64 bits per heavy atom. The Hall–Kier alpha value is -1.72. The maximum atomic E-state index is 13.6. The molecule has 2 rings (SSSR count). The van der Waals surface area contributed by atoms with Gasteiger partial charge in [0.05, 0.1) is 5.69 Å². The Labute approximate surface area is 138 Å². The maximum Gasteiger partial charge on any atom is 0.225 e. The normalized spacial score (nSPS) is 10.7. The minimum atomic E-state index is -0.444. The van der Waals surface area contributed by atoms with Crippen LogP contribution in [-0.4, -0.2) is 24.4 Å². The topological polar surface area (TPSA) is 32.3 Å². The van der Waals surface area contributed by atoms with Gasteiger partial charge in [0, 0.05) is 24.0 Å². The predicted octanol–water partition coefficient (Wildman–Crippen LogP) is 4.05. The van der Waals surface area contributed by atoms with Crippen LogP contribution in [0.15, 0.2) is 53.0 Å². The first-order valence-corrected chi connectivity index (χ1v) is 7.81. The lowest BCUT2D eigenvalue weighted by Crippen LogP contribution is -2.24. The minimum absolute atomic E-state index is 0.193. The Morgan fingerprint density at radius 1 is 1.23 bits per heavy atom. The highest BCUT2D eigenvalue weighted by Crippen LogP contribution is 2.19. The summed E-state index contributed by atoms with van der Waals surface area (Å²) >= 11 is 3.18. The molecule has 5 heteroatoms. The summed E-state index contributed by atoms with van der Waals surface area (Å²) in [6, 6.07) is 14.6. The van der Waals surface area contributed by atoms with Gasteiger partial charge >= 0.3 is 0 Å². The summed E-state index contributed by atoms with van der Waals surface area (Å²) in [6.45, 7) is 1.39. The van der Waals surface area contributed by atoms with E-state index in [4.69, 9.17) is 0 Å². The van der Waals surface area contributed by atoms with Crippen molar-refractivity contribution in [3.8, 4) is 0 Å². The number of rotatable bonds is 6. The second kappa shape index (κ2) is 8.06. The molecule has 0 unspecified atom stereocenters. The number of nitrogens with zero attached hydrogens (tertiary/aromatic N) is 1. The number of anilines is 1. The van der Waals surface area contributed by atoms with E-state index >= 15 is 0 Å². The molecule has 0 aromatic heterocycles. The molecule has 0 saturated carbocycles. The molecule has 0 bridgehead atoms. The number of hydrogen-bond donors (Lipinski definition) is 1. The van der Waals surface area contributed by atoms with Crippen molar-refractivity contribution >= 4 is 27.5 Å². The molecule has 116 valence electrons. The summed E-state index contributed by atoms with van der Waals surface area (Å²) in [6.07, 6.45) is 0.318. The predicted molar refractivity (Wildman–Crippen MR) is 90.1 cm³/mol. The van der Waals surface area contributed by atoms with Crippen molar-refractivity contribution < 1.29 is 9.18 Å². The summed E-state index contributed by atoms with van der Waals surface area (Å²) in [5, 5.41) is 2.60. The molecule has 0 aliphatic heterocycles. The van der Waals surface area contributed by atoms with Gasteiger partial charge in [0.2, 0.25) is 5.91 Å². The van der Waals surface area contributed by atoms with Crippen LogP contribution < -0.4 is 5.32 Å². The number of carbonyl (C=O) groups excluding carboxylic acids is 1. The molecule has 3 nitrogen and oxygen atoms in total. The molecule has 0 saturated heterocycles. The molecule has 0 aliphatic carbocycles. The van der Waals surface area contributed by atoms with Crippen molar-refractivity contribution in [2.75, 3.05) is 18.9 Å². The third-order valence-electron chi connectivity index (χ3n) is 3.22. The van der Waals surface area contributed by atoms with Crippen LogP contribution in [0.25, 0.3) is 0 Å². The van der Waals surface area contributed by atoms with Crippen molar-refractivity contribution in [2.45, 2.75) is 13.0 Å². The fourth-order valence-corrected chi connectivity index (χ4v) is 2.40. The Balaban J connectivity index is 1.80. The van der Waals surface area contributed by atoms with E-state index < -0.39 is 5.82 Å². The maximum absolute atomic E-state index is 13.6. The van der Waals surface area contributed by atoms with Crippen LogP contribution in [0.5, 0.6) is 0 Å². The van der Waals surface area contributed by atoms with Gasteiger partial charge in [-0.2, -0.15) is 0 Å². The molecule has 0 radical (unpaired) electrons. The third-order valence-corrected chi connectivity index (χ3v) is 3.71. The Kier molecular flexibility index (Phi) is 6.10. The van der Waals surface area contributed by atoms with E-state index in [0.717, 1.165) is 6.54 Å². The zero-order chi connectivity index (χ0) is 15.9. The number of nitrogens with one attached hydrogen (secondary N) is 1. The van der Waals surface area contributed by atoms with Gasteiger partial charge in [-0.05, 0) is 30.8 Å². The number of benzene rings is 2. The highest BCUT2D eigenvalue weighted by Gasteiger charge is 2.09. The van der Waals surface area contributed by atoms with Gasteiger partial charge in [-0.1, -0.05) is 46.3 Å². The van der Waals surface area contributed by atoms with Gasteiger partial charge in [-0.25, -0.2) is 4.39 Å². The van der Waals surface area contributed by atoms with Crippen molar-refractivity contribution in [3.05, 3.63) is 64.4 Å². The molecule has 1 amide bonds. The SMILES string of the molecule is CN(CCC(=O)Nc1ccc(Br)cc1F)Cc1ccccc1. The zero-order valence-electron chi connectivity index (χ0n) is 12.4. The lowest BCUT2D eigenvalue weighted by molar-refractivity contribution is -0.116. The van der Waals surface area contributed by atoms with Crippen molar-refractivity contribution in [1.29, 1.82) is 0 Å². The van der Waals surface area contributed by atoms with E-state index in [1.165, 1.54) is 11.6 Å². The number of halogens is 2. The van der Waals surface area contributed by atoms with Crippen LogP contribution in [-0.2, 0) is 11.3 Å². The number of carbonyl (C=O) groups is 1. The summed E-state index contributed by atoms with van der Waals surface area (Å²) in [5.41, 5.74) is 1.41. The van der Waals surface area contributed by atoms with E-state index in [0.29, 0.717) is 17.4 Å². The molecule has 0 heterocycles. The standard InChI is InChI=1S/C17H18BrFN2O/c1-21(12-13-5-3-2-4-6-13)10-9-17(22)20-16-8-7-14(18)11-15(16)19/h2-8,11H,9-10,12H2,1H3,(H,20,22). The van der Waals surface area contributed by atoms with Crippen LogP contribution in [0.1, 0.15) is 12.0 Å². The monoisotopic (exact) mass is 364 g/mol. The van der Waals surface area contributed by atoms with Gasteiger partial charge in [0.25, 0.3) is 0 Å². The van der Waals surface area contributed by atoms with E-state index in [9.17, 15) is 9.18 Å². The lowest BCUT2D eigenvalue weighted by atomic mass is 10.2. The second-order valence-electron chi connectivity index (χ2n) is 5.15. The van der Waals surface area contributed by atoms with Gasteiger partial charge in [0.15, 0.2) is 0 Å². The first-order chi connectivity index (χ1) is 10.5. The quantitative estimate of drug-likeness (QED) is 0.838. The van der Waals surface area contributed by atoms with Crippen LogP contribution in [0.3, 0.4) is 0 Å². The first-order valence-electron chi connectivity index (χ1n) is 7.02. The average Bonchev–Trinajstić information content (AvgIpc) is 2.49. The van der Waals surface area contributed by atoms with Gasteiger partial charge in [-0.3, -0.25) is 4.79 Å². The van der Waals surface area contributed by atoms with E-state index in [1.807, 2.05) is 37.4 Å². The number of hydrogen-bond acceptors (Lipinski definition) is 2. The smallest absolute Gasteiger partial charge is 0.225 e. The fourth-order valence-electron chi connectivity index (χ4n) is 2.07. The zero-order valence-corrected chi connectivity index (χ0v) is 13.9. The molecule has 0 spiro atoms. The van der Waals surface area contributed by atoms with Gasteiger partial charge in [-0.15, -0.1) is 0 Å². The largest absolute Gasteiger partial charge is 0.324 e. The molecule has 2 aromatic carbocycles. The highest BCUT2D eigenvalue weighted by atomic mass is 79.9. The van der Waals surface area contributed by atoms with E-state index in [-0.39, 0.29) is 11.6 Å². The van der Waals surface area contributed by atoms with Gasteiger partial charge in [0.1, 0.15) is 5.82 Å². The molecule has 1 N–H and O–H groups in total. The first kappa shape index (κ1) is 16.6. The van der Waals surface area contributed by atoms with Crippen LogP contribution >= 0.6 is 15.9 Å². The Bertz CT molecular complexity index is 634. The second-order valence-corrected chi connectivity index (χ2v) is 6.06. The molecule has 2 aromatic rings. The molecular weight excluding hydrogens is 347 g/mol. The summed E-state index contributed by atoms with van der Waals surface area (Å²) in [4.78, 5) is 14.0.